The highest BCUT2D eigenvalue weighted by atomic mass is 32.2. The molecule has 8 heteroatoms. The summed E-state index contributed by atoms with van der Waals surface area (Å²) in [5.41, 5.74) is 3.47. The van der Waals surface area contributed by atoms with E-state index >= 15 is 0 Å². The van der Waals surface area contributed by atoms with Crippen molar-refractivity contribution in [1.82, 2.24) is 19.9 Å². The van der Waals surface area contributed by atoms with Gasteiger partial charge in [0.15, 0.2) is 15.5 Å². The number of nitrogens with zero attached hydrogens (tertiary/aromatic N) is 3. The van der Waals surface area contributed by atoms with Gasteiger partial charge in [0, 0.05) is 25.2 Å². The summed E-state index contributed by atoms with van der Waals surface area (Å²) in [6.45, 7) is 3.05. The Bertz CT molecular complexity index is 1190. The van der Waals surface area contributed by atoms with E-state index in [0.29, 0.717) is 24.0 Å². The van der Waals surface area contributed by atoms with Crippen molar-refractivity contribution in [3.05, 3.63) is 59.0 Å². The summed E-state index contributed by atoms with van der Waals surface area (Å²) in [6.07, 6.45) is 4.63. The Morgan fingerprint density at radius 3 is 2.74 bits per heavy atom. The van der Waals surface area contributed by atoms with Crippen LogP contribution in [0.2, 0.25) is 0 Å². The van der Waals surface area contributed by atoms with Crippen molar-refractivity contribution in [2.45, 2.75) is 51.3 Å². The van der Waals surface area contributed by atoms with Gasteiger partial charge in [-0.15, -0.1) is 0 Å². The molecular formula is C23H28N4O3S. The fraction of sp³-hybridized carbons (Fsp3) is 0.435. The average molecular weight is 441 g/mol. The van der Waals surface area contributed by atoms with Crippen LogP contribution < -0.4 is 5.32 Å². The lowest BCUT2D eigenvalue weighted by molar-refractivity contribution is 0.0955. The molecule has 1 aliphatic heterocycles. The zero-order valence-electron chi connectivity index (χ0n) is 17.8. The highest BCUT2D eigenvalue weighted by Gasteiger charge is 2.21. The molecule has 0 aliphatic carbocycles. The molecule has 0 saturated heterocycles. The summed E-state index contributed by atoms with van der Waals surface area (Å²) in [4.78, 5) is 22.2. The van der Waals surface area contributed by atoms with E-state index in [9.17, 15) is 13.2 Å². The van der Waals surface area contributed by atoms with Crippen molar-refractivity contribution in [2.75, 3.05) is 12.3 Å². The zero-order valence-corrected chi connectivity index (χ0v) is 18.6. The standard InChI is InChI=1S/C23H28N4O3S/c1-17-15-19(21-22(25-17)27-13-7-3-6-11-20(27)26-21)23(28)24-12-8-14-31(29,30)16-18-9-4-2-5-10-18/h2,4-5,9-10,15H,3,6-8,11-14,16H2,1H3,(H,24,28). The minimum absolute atomic E-state index is 0.0200. The lowest BCUT2D eigenvalue weighted by Crippen LogP contribution is -2.26. The number of imidazole rings is 1. The first-order valence-corrected chi connectivity index (χ1v) is 12.6. The zero-order chi connectivity index (χ0) is 21.8. The molecular weight excluding hydrogens is 412 g/mol. The van der Waals surface area contributed by atoms with Crippen molar-refractivity contribution < 1.29 is 13.2 Å². The lowest BCUT2D eigenvalue weighted by Gasteiger charge is -2.08. The Kier molecular flexibility index (Phi) is 6.36. The molecule has 1 aliphatic rings. The van der Waals surface area contributed by atoms with Gasteiger partial charge < -0.3 is 9.88 Å². The number of amides is 1. The van der Waals surface area contributed by atoms with Gasteiger partial charge in [0.05, 0.1) is 17.1 Å². The third-order valence-electron chi connectivity index (χ3n) is 5.58. The van der Waals surface area contributed by atoms with Crippen LogP contribution in [-0.4, -0.2) is 41.2 Å². The van der Waals surface area contributed by atoms with Gasteiger partial charge in [-0.2, -0.15) is 0 Å². The SMILES string of the molecule is Cc1cc(C(=O)NCCCS(=O)(=O)Cc2ccccc2)c2nc3n(c2n1)CCCCC3. The van der Waals surface area contributed by atoms with Crippen LogP contribution in [0.1, 0.15) is 53.1 Å². The van der Waals surface area contributed by atoms with Gasteiger partial charge >= 0.3 is 0 Å². The van der Waals surface area contributed by atoms with Crippen LogP contribution in [0.25, 0.3) is 11.2 Å². The summed E-state index contributed by atoms with van der Waals surface area (Å²) in [5, 5.41) is 2.87. The van der Waals surface area contributed by atoms with Crippen LogP contribution >= 0.6 is 0 Å². The van der Waals surface area contributed by atoms with Crippen LogP contribution in [0.15, 0.2) is 36.4 Å². The molecule has 3 heterocycles. The second-order valence-electron chi connectivity index (χ2n) is 8.16. The Balaban J connectivity index is 1.41. The van der Waals surface area contributed by atoms with E-state index in [2.05, 4.69) is 14.9 Å². The number of pyridine rings is 1. The minimum atomic E-state index is -3.22. The molecule has 4 rings (SSSR count). The van der Waals surface area contributed by atoms with Crippen molar-refractivity contribution in [3.8, 4) is 0 Å². The summed E-state index contributed by atoms with van der Waals surface area (Å²) < 4.78 is 26.8. The van der Waals surface area contributed by atoms with Gasteiger partial charge in [-0.05, 0) is 37.8 Å². The quantitative estimate of drug-likeness (QED) is 0.570. The van der Waals surface area contributed by atoms with E-state index < -0.39 is 9.84 Å². The van der Waals surface area contributed by atoms with Crippen LogP contribution in [0, 0.1) is 6.92 Å². The highest BCUT2D eigenvalue weighted by molar-refractivity contribution is 7.90. The predicted molar refractivity (Wildman–Crippen MR) is 121 cm³/mol. The number of nitrogens with one attached hydrogen (secondary N) is 1. The van der Waals surface area contributed by atoms with Crippen LogP contribution in [-0.2, 0) is 28.6 Å². The van der Waals surface area contributed by atoms with Crippen LogP contribution in [0.3, 0.4) is 0 Å². The Hall–Kier alpha value is -2.74. The fourth-order valence-corrected chi connectivity index (χ4v) is 5.51. The van der Waals surface area contributed by atoms with E-state index in [0.717, 1.165) is 48.5 Å². The maximum atomic E-state index is 12.9. The predicted octanol–water partition coefficient (Wildman–Crippen LogP) is 3.20. The highest BCUT2D eigenvalue weighted by Crippen LogP contribution is 2.24. The number of benzene rings is 1. The second kappa shape index (κ2) is 9.18. The lowest BCUT2D eigenvalue weighted by atomic mass is 10.2. The third-order valence-corrected chi connectivity index (χ3v) is 7.27. The first-order valence-electron chi connectivity index (χ1n) is 10.8. The van der Waals surface area contributed by atoms with Gasteiger partial charge in [0.1, 0.15) is 11.3 Å². The van der Waals surface area contributed by atoms with E-state index in [1.54, 1.807) is 6.07 Å². The molecule has 0 atom stereocenters. The van der Waals surface area contributed by atoms with Crippen LogP contribution in [0.4, 0.5) is 0 Å². The molecule has 0 spiro atoms. The van der Waals surface area contributed by atoms with E-state index in [1.165, 1.54) is 6.42 Å². The summed E-state index contributed by atoms with van der Waals surface area (Å²) in [5.74, 6) is 0.814. The molecule has 0 unspecified atom stereocenters. The molecule has 0 radical (unpaired) electrons. The van der Waals surface area contributed by atoms with Gasteiger partial charge in [0.2, 0.25) is 0 Å². The largest absolute Gasteiger partial charge is 0.352 e. The topological polar surface area (TPSA) is 94.0 Å². The van der Waals surface area contributed by atoms with Crippen molar-refractivity contribution in [3.63, 3.8) is 0 Å². The van der Waals surface area contributed by atoms with E-state index in [-0.39, 0.29) is 17.4 Å². The average Bonchev–Trinajstić information content (AvgIpc) is 2.92. The molecule has 0 bridgehead atoms. The number of carbonyl (C=O) groups excluding carboxylic acids is 1. The number of sulfone groups is 1. The number of hydrogen-bond acceptors (Lipinski definition) is 5. The fourth-order valence-electron chi connectivity index (χ4n) is 4.08. The maximum absolute atomic E-state index is 12.9. The van der Waals surface area contributed by atoms with Crippen molar-refractivity contribution in [2.24, 2.45) is 0 Å². The van der Waals surface area contributed by atoms with Crippen molar-refractivity contribution in [1.29, 1.82) is 0 Å². The summed E-state index contributed by atoms with van der Waals surface area (Å²) in [6, 6.07) is 10.9. The summed E-state index contributed by atoms with van der Waals surface area (Å²) in [7, 11) is -3.22. The van der Waals surface area contributed by atoms with Gasteiger partial charge in [0.25, 0.3) is 5.91 Å². The molecule has 1 amide bonds. The first kappa shape index (κ1) is 21.5. The molecule has 0 fully saturated rings. The monoisotopic (exact) mass is 440 g/mol. The molecule has 31 heavy (non-hydrogen) atoms. The number of aromatic nitrogens is 3. The smallest absolute Gasteiger partial charge is 0.253 e. The van der Waals surface area contributed by atoms with E-state index in [1.807, 2.05) is 37.3 Å². The number of hydrogen-bond donors (Lipinski definition) is 1. The third kappa shape index (κ3) is 5.12. The summed E-state index contributed by atoms with van der Waals surface area (Å²) >= 11 is 0. The maximum Gasteiger partial charge on any atom is 0.253 e. The molecule has 7 nitrogen and oxygen atoms in total. The Morgan fingerprint density at radius 1 is 1.13 bits per heavy atom. The number of rotatable bonds is 7. The molecule has 2 aromatic heterocycles. The normalized spacial score (nSPS) is 14.2. The molecule has 164 valence electrons. The number of fused-ring (bicyclic) bond motifs is 3. The number of aryl methyl sites for hydroxylation is 3. The first-order chi connectivity index (χ1) is 14.9. The minimum Gasteiger partial charge on any atom is -0.352 e. The van der Waals surface area contributed by atoms with Crippen molar-refractivity contribution >= 4 is 26.9 Å². The Morgan fingerprint density at radius 2 is 1.94 bits per heavy atom. The Labute approximate surface area is 182 Å². The molecule has 1 aromatic carbocycles. The van der Waals surface area contributed by atoms with Gasteiger partial charge in [-0.1, -0.05) is 36.8 Å². The van der Waals surface area contributed by atoms with Gasteiger partial charge in [-0.25, -0.2) is 18.4 Å². The van der Waals surface area contributed by atoms with Gasteiger partial charge in [-0.3, -0.25) is 4.79 Å². The molecule has 0 saturated carbocycles. The second-order valence-corrected chi connectivity index (χ2v) is 10.3. The van der Waals surface area contributed by atoms with E-state index in [4.69, 9.17) is 4.98 Å². The van der Waals surface area contributed by atoms with Crippen LogP contribution in [0.5, 0.6) is 0 Å². The number of carbonyl (C=O) groups is 1. The molecule has 1 N–H and O–H groups in total. The molecule has 3 aromatic rings.